The Morgan fingerprint density at radius 2 is 1.91 bits per heavy atom. The summed E-state index contributed by atoms with van der Waals surface area (Å²) < 4.78 is 11.0. The van der Waals surface area contributed by atoms with Crippen molar-refractivity contribution in [2.45, 2.75) is 17.5 Å². The summed E-state index contributed by atoms with van der Waals surface area (Å²) in [6, 6.07) is 20.7. The third-order valence-corrected chi connectivity index (χ3v) is 8.97. The molecular formula is C27H21ClN2O4S. The Labute approximate surface area is 211 Å². The molecule has 176 valence electrons. The van der Waals surface area contributed by atoms with Gasteiger partial charge >= 0.3 is 0 Å². The van der Waals surface area contributed by atoms with E-state index >= 15 is 0 Å². The zero-order chi connectivity index (χ0) is 23.7. The molecule has 6 nitrogen and oxygen atoms in total. The van der Waals surface area contributed by atoms with Gasteiger partial charge in [0.05, 0.1) is 5.92 Å². The quantitative estimate of drug-likeness (QED) is 0.512. The lowest BCUT2D eigenvalue weighted by molar-refractivity contribution is -0.127. The highest BCUT2D eigenvalue weighted by atomic mass is 35.5. The third kappa shape index (κ3) is 2.89. The highest BCUT2D eigenvalue weighted by Crippen LogP contribution is 2.61. The van der Waals surface area contributed by atoms with Crippen molar-refractivity contribution in [3.8, 4) is 11.5 Å². The number of anilines is 1. The number of ketones is 1. The summed E-state index contributed by atoms with van der Waals surface area (Å²) >= 11 is 8.22. The van der Waals surface area contributed by atoms with Gasteiger partial charge in [0.25, 0.3) is 0 Å². The maximum atomic E-state index is 14.5. The fourth-order valence-electron chi connectivity index (χ4n) is 6.35. The van der Waals surface area contributed by atoms with Crippen LogP contribution in [-0.4, -0.2) is 41.1 Å². The first-order valence-electron chi connectivity index (χ1n) is 11.5. The van der Waals surface area contributed by atoms with Crippen molar-refractivity contribution in [3.05, 3.63) is 88.4 Å². The van der Waals surface area contributed by atoms with Crippen molar-refractivity contribution in [3.63, 3.8) is 0 Å². The molecule has 8 heteroatoms. The van der Waals surface area contributed by atoms with Gasteiger partial charge in [0.15, 0.2) is 17.3 Å². The number of nitrogens with zero attached hydrogens (tertiary/aromatic N) is 1. The van der Waals surface area contributed by atoms with Crippen molar-refractivity contribution < 1.29 is 19.1 Å². The van der Waals surface area contributed by atoms with Crippen LogP contribution in [-0.2, 0) is 10.3 Å². The van der Waals surface area contributed by atoms with Crippen LogP contribution in [0.1, 0.15) is 27.4 Å². The predicted octanol–water partition coefficient (Wildman–Crippen LogP) is 4.89. The lowest BCUT2D eigenvalue weighted by atomic mass is 9.69. The Balaban J connectivity index is 1.47. The molecule has 0 bridgehead atoms. The summed E-state index contributed by atoms with van der Waals surface area (Å²) in [7, 11) is 0. The number of carbonyl (C=O) groups is 2. The van der Waals surface area contributed by atoms with Crippen LogP contribution in [0.3, 0.4) is 0 Å². The van der Waals surface area contributed by atoms with Gasteiger partial charge in [-0.15, -0.1) is 11.8 Å². The van der Waals surface area contributed by atoms with Crippen LogP contribution >= 0.6 is 23.4 Å². The Kier molecular flexibility index (Phi) is 4.72. The highest BCUT2D eigenvalue weighted by Gasteiger charge is 2.69. The number of benzene rings is 3. The fourth-order valence-corrected chi connectivity index (χ4v) is 7.87. The van der Waals surface area contributed by atoms with Crippen LogP contribution in [0, 0.1) is 5.92 Å². The Morgan fingerprint density at radius 3 is 2.80 bits per heavy atom. The van der Waals surface area contributed by atoms with Gasteiger partial charge in [-0.05, 0) is 42.0 Å². The smallest absolute Gasteiger partial charge is 0.250 e. The van der Waals surface area contributed by atoms with Gasteiger partial charge < -0.3 is 14.8 Å². The van der Waals surface area contributed by atoms with Gasteiger partial charge in [-0.25, -0.2) is 0 Å². The van der Waals surface area contributed by atoms with Gasteiger partial charge in [0.2, 0.25) is 12.7 Å². The molecule has 4 aliphatic rings. The average Bonchev–Trinajstić information content (AvgIpc) is 3.62. The predicted molar refractivity (Wildman–Crippen MR) is 134 cm³/mol. The molecule has 0 aliphatic carbocycles. The molecule has 1 spiro atoms. The van der Waals surface area contributed by atoms with Crippen molar-refractivity contribution in [2.75, 3.05) is 23.7 Å². The largest absolute Gasteiger partial charge is 0.454 e. The number of hydrogen-bond donors (Lipinski definition) is 1. The summed E-state index contributed by atoms with van der Waals surface area (Å²) in [4.78, 5) is 30.8. The highest BCUT2D eigenvalue weighted by molar-refractivity contribution is 7.99. The molecule has 4 aliphatic heterocycles. The topological polar surface area (TPSA) is 67.9 Å². The van der Waals surface area contributed by atoms with Crippen LogP contribution in [0.5, 0.6) is 11.5 Å². The summed E-state index contributed by atoms with van der Waals surface area (Å²) in [5, 5.41) is 3.71. The second-order valence-electron chi connectivity index (χ2n) is 9.29. The van der Waals surface area contributed by atoms with E-state index < -0.39 is 11.5 Å². The van der Waals surface area contributed by atoms with Gasteiger partial charge in [-0.3, -0.25) is 14.5 Å². The van der Waals surface area contributed by atoms with Crippen molar-refractivity contribution in [1.29, 1.82) is 0 Å². The zero-order valence-electron chi connectivity index (χ0n) is 18.6. The van der Waals surface area contributed by atoms with E-state index in [0.717, 1.165) is 22.6 Å². The van der Waals surface area contributed by atoms with E-state index in [2.05, 4.69) is 10.2 Å². The lowest BCUT2D eigenvalue weighted by Gasteiger charge is -2.36. The second kappa shape index (κ2) is 7.75. The summed E-state index contributed by atoms with van der Waals surface area (Å²) in [6.07, 6.45) is 0. The van der Waals surface area contributed by atoms with E-state index in [9.17, 15) is 9.59 Å². The number of halogens is 1. The summed E-state index contributed by atoms with van der Waals surface area (Å²) in [5.41, 5.74) is 2.01. The van der Waals surface area contributed by atoms with Gasteiger partial charge in [0, 0.05) is 45.4 Å². The van der Waals surface area contributed by atoms with E-state index in [0.29, 0.717) is 28.0 Å². The van der Waals surface area contributed by atoms with Crippen LogP contribution < -0.4 is 14.8 Å². The average molecular weight is 505 g/mol. The molecule has 3 aromatic rings. The summed E-state index contributed by atoms with van der Waals surface area (Å²) in [6.45, 7) is 0.133. The Morgan fingerprint density at radius 1 is 1.06 bits per heavy atom. The third-order valence-electron chi connectivity index (χ3n) is 7.70. The van der Waals surface area contributed by atoms with Crippen molar-refractivity contribution >= 4 is 40.7 Å². The number of thioether (sulfide) groups is 1. The molecule has 2 fully saturated rings. The minimum Gasteiger partial charge on any atom is -0.454 e. The number of rotatable bonds is 3. The van der Waals surface area contributed by atoms with E-state index in [1.807, 2.05) is 48.5 Å². The molecule has 1 N–H and O–H groups in total. The van der Waals surface area contributed by atoms with Gasteiger partial charge in [-0.1, -0.05) is 41.9 Å². The number of Topliss-reactive ketones (excluding diaryl/α,β-unsaturated/α-hetero) is 1. The molecule has 0 unspecified atom stereocenters. The maximum absolute atomic E-state index is 14.5. The van der Waals surface area contributed by atoms with Gasteiger partial charge in [-0.2, -0.15) is 0 Å². The van der Waals surface area contributed by atoms with E-state index in [1.165, 1.54) is 0 Å². The molecular weight excluding hydrogens is 484 g/mol. The number of nitrogens with one attached hydrogen (secondary N) is 1. The number of fused-ring (bicyclic) bond motifs is 5. The molecule has 35 heavy (non-hydrogen) atoms. The second-order valence-corrected chi connectivity index (χ2v) is 10.7. The number of hydrogen-bond acceptors (Lipinski definition) is 6. The van der Waals surface area contributed by atoms with Crippen LogP contribution in [0.4, 0.5) is 5.69 Å². The van der Waals surface area contributed by atoms with Gasteiger partial charge in [0.1, 0.15) is 5.54 Å². The van der Waals surface area contributed by atoms with Crippen LogP contribution in [0.25, 0.3) is 0 Å². The first kappa shape index (κ1) is 21.3. The van der Waals surface area contributed by atoms with E-state index in [-0.39, 0.29) is 30.4 Å². The molecule has 2 saturated heterocycles. The molecule has 0 aromatic heterocycles. The number of ether oxygens (including phenoxy) is 2. The molecule has 0 saturated carbocycles. The first-order chi connectivity index (χ1) is 17.1. The Hall–Kier alpha value is -3.00. The zero-order valence-corrected chi connectivity index (χ0v) is 20.1. The van der Waals surface area contributed by atoms with Crippen molar-refractivity contribution in [2.24, 2.45) is 5.92 Å². The first-order valence-corrected chi connectivity index (χ1v) is 13.1. The summed E-state index contributed by atoms with van der Waals surface area (Å²) in [5.74, 6) is 1.60. The molecule has 4 atom stereocenters. The van der Waals surface area contributed by atoms with E-state index in [1.54, 1.807) is 30.0 Å². The van der Waals surface area contributed by atoms with Crippen molar-refractivity contribution in [1.82, 2.24) is 4.90 Å². The molecule has 0 radical (unpaired) electrons. The maximum Gasteiger partial charge on any atom is 0.250 e. The van der Waals surface area contributed by atoms with Crippen LogP contribution in [0.2, 0.25) is 5.02 Å². The number of para-hydroxylation sites is 1. The van der Waals surface area contributed by atoms with Crippen LogP contribution in [0.15, 0.2) is 66.7 Å². The minimum absolute atomic E-state index is 0.0123. The van der Waals surface area contributed by atoms with E-state index in [4.69, 9.17) is 21.1 Å². The SMILES string of the molecule is O=C(c1ccc2c(c1)OCO2)[C@@H]1[C@@H](c2cccc(Cl)c2)[C@@H]2CSCN2[C@@]12C(=O)Nc1ccccc12. The minimum atomic E-state index is -1.11. The lowest BCUT2D eigenvalue weighted by Crippen LogP contribution is -2.52. The number of amides is 1. The Bertz CT molecular complexity index is 1400. The molecule has 7 rings (SSSR count). The standard InChI is InChI=1S/C27H21ClN2O4S/c28-17-5-3-4-15(10-17)23-20-12-35-13-30(20)27(18-6-1-2-7-19(18)29-26(27)32)24(23)25(31)16-8-9-21-22(11-16)34-14-33-21/h1-11,20,23-24H,12-14H2,(H,29,32)/t20-,23-,24-,27+/m0/s1. The molecule has 3 aromatic carbocycles. The fraction of sp³-hybridized carbons (Fsp3) is 0.259. The molecule has 1 amide bonds. The number of carbonyl (C=O) groups excluding carboxylic acids is 2. The molecule has 4 heterocycles. The normalized spacial score (nSPS) is 28.3. The monoisotopic (exact) mass is 504 g/mol.